The topological polar surface area (TPSA) is 307 Å². The van der Waals surface area contributed by atoms with Crippen molar-refractivity contribution >= 4 is 5.91 Å². The molecule has 458 valence electrons. The maximum atomic E-state index is 12.9. The van der Waals surface area contributed by atoms with Gasteiger partial charge < -0.3 is 89.9 Å². The molecular weight excluding hydrogens is 1010 g/mol. The van der Waals surface area contributed by atoms with Crippen LogP contribution < -0.4 is 5.32 Å². The summed E-state index contributed by atoms with van der Waals surface area (Å²) in [5.74, 6) is -0.310. The summed E-state index contributed by atoms with van der Waals surface area (Å²) in [4.78, 5) is 12.9. The van der Waals surface area contributed by atoms with E-state index >= 15 is 0 Å². The van der Waals surface area contributed by atoms with E-state index in [0.717, 1.165) is 32.1 Å². The van der Waals surface area contributed by atoms with Gasteiger partial charge >= 0.3 is 0 Å². The highest BCUT2D eigenvalue weighted by Gasteiger charge is 2.53. The van der Waals surface area contributed by atoms with Gasteiger partial charge in [0.1, 0.15) is 73.2 Å². The molecule has 0 bridgehead atoms. The van der Waals surface area contributed by atoms with Crippen molar-refractivity contribution in [2.45, 2.75) is 317 Å². The first kappa shape index (κ1) is 70.5. The van der Waals surface area contributed by atoms with Crippen molar-refractivity contribution in [1.29, 1.82) is 0 Å². The van der Waals surface area contributed by atoms with Crippen LogP contribution in [0.2, 0.25) is 0 Å². The van der Waals surface area contributed by atoms with Crippen LogP contribution in [0.15, 0.2) is 24.3 Å². The number of hydrogen-bond acceptors (Lipinski definition) is 18. The molecule has 12 N–H and O–H groups in total. The van der Waals surface area contributed by atoms with Crippen LogP contribution in [0.5, 0.6) is 0 Å². The molecule has 0 saturated carbocycles. The lowest BCUT2D eigenvalue weighted by atomic mass is 9.96. The van der Waals surface area contributed by atoms with E-state index in [1.54, 1.807) is 6.08 Å². The number of rotatable bonds is 45. The van der Waals surface area contributed by atoms with E-state index in [9.17, 15) is 61.0 Å². The Morgan fingerprint density at radius 1 is 0.449 bits per heavy atom. The molecule has 19 heteroatoms. The fourth-order valence-corrected chi connectivity index (χ4v) is 10.4. The van der Waals surface area contributed by atoms with Crippen molar-refractivity contribution in [3.05, 3.63) is 24.3 Å². The Morgan fingerprint density at radius 3 is 1.28 bits per heavy atom. The molecule has 17 atom stereocenters. The highest BCUT2D eigenvalue weighted by atomic mass is 16.8. The summed E-state index contributed by atoms with van der Waals surface area (Å²) in [6, 6.07) is -0.982. The summed E-state index contributed by atoms with van der Waals surface area (Å²) in [5, 5.41) is 119. The number of aliphatic hydroxyl groups is 11. The second-order valence-corrected chi connectivity index (χ2v) is 22.2. The zero-order valence-corrected chi connectivity index (χ0v) is 47.7. The van der Waals surface area contributed by atoms with Crippen molar-refractivity contribution < 1.29 is 89.4 Å². The van der Waals surface area contributed by atoms with E-state index < -0.39 is 124 Å². The van der Waals surface area contributed by atoms with Crippen LogP contribution in [-0.4, -0.2) is 193 Å². The average molecular weight is 1120 g/mol. The van der Waals surface area contributed by atoms with Gasteiger partial charge in [-0.3, -0.25) is 4.79 Å². The first-order valence-electron chi connectivity index (χ1n) is 30.6. The quantitative estimate of drug-likeness (QED) is 0.0263. The monoisotopic (exact) mass is 1120 g/mol. The Bertz CT molecular complexity index is 1530. The van der Waals surface area contributed by atoms with Gasteiger partial charge in [0, 0.05) is 6.42 Å². The van der Waals surface area contributed by atoms with Crippen LogP contribution in [-0.2, 0) is 33.2 Å². The molecule has 0 aromatic rings. The van der Waals surface area contributed by atoms with Crippen molar-refractivity contribution in [3.63, 3.8) is 0 Å². The minimum atomic E-state index is -1.98. The fraction of sp³-hybridized carbons (Fsp3) is 0.915. The van der Waals surface area contributed by atoms with E-state index in [1.165, 1.54) is 148 Å². The first-order valence-corrected chi connectivity index (χ1v) is 30.6. The Kier molecular flexibility index (Phi) is 38.9. The number of carbonyl (C=O) groups is 1. The summed E-state index contributed by atoms with van der Waals surface area (Å²) < 4.78 is 34.0. The number of unbranched alkanes of at least 4 members (excludes halogenated alkanes) is 27. The summed E-state index contributed by atoms with van der Waals surface area (Å²) in [6.45, 7) is 1.51. The number of aliphatic hydroxyl groups excluding tert-OH is 11. The van der Waals surface area contributed by atoms with Gasteiger partial charge in [-0.05, 0) is 32.1 Å². The Balaban J connectivity index is 1.33. The third-order valence-electron chi connectivity index (χ3n) is 15.5. The van der Waals surface area contributed by atoms with E-state index in [-0.39, 0.29) is 18.9 Å². The average Bonchev–Trinajstić information content (AvgIpc) is 3.48. The highest BCUT2D eigenvalue weighted by Crippen LogP contribution is 2.33. The Hall–Kier alpha value is -1.73. The molecule has 0 spiro atoms. The standard InChI is InChI=1S/C59H109NO18/c1-3-5-7-8-9-10-11-12-13-14-15-16-17-18-19-20-21-22-23-24-25-26-27-28-29-30-31-32-33-35-36-43(64)42(60-47(65)37-34-6-4-2)41-73-57-53(71)50(68)55(45(39-62)75-57)78-59-54(72)51(69)56(46(40-63)76-59)77-58-52(70)49(67)48(66)44(38-61)74-58/h30-31,35-36,42-46,48-59,61-64,66-72H,3-29,32-34,37-41H2,1-2H3,(H,60,65)/b31-30+,36-35+. The zero-order chi connectivity index (χ0) is 56.9. The lowest BCUT2D eigenvalue weighted by molar-refractivity contribution is -0.379. The Labute approximate surface area is 467 Å². The van der Waals surface area contributed by atoms with Crippen molar-refractivity contribution in [2.24, 2.45) is 0 Å². The molecule has 17 unspecified atom stereocenters. The molecule has 0 aromatic carbocycles. The van der Waals surface area contributed by atoms with Gasteiger partial charge in [0.05, 0.1) is 38.6 Å². The summed E-state index contributed by atoms with van der Waals surface area (Å²) in [5.41, 5.74) is 0. The molecule has 0 radical (unpaired) electrons. The number of ether oxygens (including phenoxy) is 6. The predicted molar refractivity (Wildman–Crippen MR) is 296 cm³/mol. The van der Waals surface area contributed by atoms with E-state index in [0.29, 0.717) is 12.8 Å². The van der Waals surface area contributed by atoms with Gasteiger partial charge in [0.2, 0.25) is 5.91 Å². The lowest BCUT2D eigenvalue weighted by Gasteiger charge is -2.48. The highest BCUT2D eigenvalue weighted by molar-refractivity contribution is 5.76. The molecule has 78 heavy (non-hydrogen) atoms. The van der Waals surface area contributed by atoms with Crippen LogP contribution in [0.4, 0.5) is 0 Å². The van der Waals surface area contributed by atoms with Gasteiger partial charge in [-0.2, -0.15) is 0 Å². The fourth-order valence-electron chi connectivity index (χ4n) is 10.4. The first-order chi connectivity index (χ1) is 37.8. The SMILES string of the molecule is CCCCCCCCCCCCCCCCCCCCCCCCCC/C=C/CC/C=C/C(O)C(COC1OC(CO)C(OC2OC(CO)C(OC3OC(CO)C(O)C(O)C3O)C(O)C2O)C(O)C1O)NC(=O)CCCCC. The third kappa shape index (κ3) is 26.7. The minimum Gasteiger partial charge on any atom is -0.394 e. The smallest absolute Gasteiger partial charge is 0.220 e. The summed E-state index contributed by atoms with van der Waals surface area (Å²) in [6.07, 6.45) is 19.0. The second-order valence-electron chi connectivity index (χ2n) is 22.2. The zero-order valence-electron chi connectivity index (χ0n) is 47.7. The van der Waals surface area contributed by atoms with Gasteiger partial charge in [-0.15, -0.1) is 0 Å². The summed E-state index contributed by atoms with van der Waals surface area (Å²) >= 11 is 0. The maximum Gasteiger partial charge on any atom is 0.220 e. The molecule has 3 rings (SSSR count). The Morgan fingerprint density at radius 2 is 0.821 bits per heavy atom. The molecule has 3 aliphatic rings. The number of carbonyl (C=O) groups excluding carboxylic acids is 1. The second kappa shape index (κ2) is 43.0. The van der Waals surface area contributed by atoms with Gasteiger partial charge in [0.25, 0.3) is 0 Å². The van der Waals surface area contributed by atoms with Crippen molar-refractivity contribution in [2.75, 3.05) is 26.4 Å². The predicted octanol–water partition coefficient (Wildman–Crippen LogP) is 5.54. The van der Waals surface area contributed by atoms with Gasteiger partial charge in [-0.1, -0.05) is 199 Å². The molecule has 1 amide bonds. The molecule has 0 aliphatic carbocycles. The maximum absolute atomic E-state index is 12.9. The molecule has 3 aliphatic heterocycles. The number of nitrogens with one attached hydrogen (secondary N) is 1. The van der Waals surface area contributed by atoms with E-state index in [4.69, 9.17) is 28.4 Å². The third-order valence-corrected chi connectivity index (χ3v) is 15.5. The lowest BCUT2D eigenvalue weighted by Crippen LogP contribution is -2.66. The van der Waals surface area contributed by atoms with Crippen LogP contribution >= 0.6 is 0 Å². The van der Waals surface area contributed by atoms with Crippen LogP contribution in [0.1, 0.15) is 213 Å². The number of allylic oxidation sites excluding steroid dienone is 3. The normalized spacial score (nSPS) is 30.6. The van der Waals surface area contributed by atoms with Crippen molar-refractivity contribution in [1.82, 2.24) is 5.32 Å². The molecule has 3 heterocycles. The van der Waals surface area contributed by atoms with Gasteiger partial charge in [-0.25, -0.2) is 0 Å². The van der Waals surface area contributed by atoms with Gasteiger partial charge in [0.15, 0.2) is 18.9 Å². The van der Waals surface area contributed by atoms with Crippen LogP contribution in [0.3, 0.4) is 0 Å². The summed E-state index contributed by atoms with van der Waals surface area (Å²) in [7, 11) is 0. The van der Waals surface area contributed by atoms with Crippen LogP contribution in [0, 0.1) is 0 Å². The number of amides is 1. The van der Waals surface area contributed by atoms with Crippen molar-refractivity contribution in [3.8, 4) is 0 Å². The number of hydrogen-bond donors (Lipinski definition) is 12. The molecule has 3 saturated heterocycles. The van der Waals surface area contributed by atoms with E-state index in [2.05, 4.69) is 24.4 Å². The molecule has 3 fully saturated rings. The molecule has 0 aromatic heterocycles. The minimum absolute atomic E-state index is 0.222. The van der Waals surface area contributed by atoms with E-state index in [1.807, 2.05) is 13.0 Å². The largest absolute Gasteiger partial charge is 0.394 e. The molecule has 19 nitrogen and oxygen atoms in total. The molecular formula is C59H109NO18. The van der Waals surface area contributed by atoms with Crippen LogP contribution in [0.25, 0.3) is 0 Å².